The van der Waals surface area contributed by atoms with Crippen molar-refractivity contribution in [3.05, 3.63) is 30.1 Å². The van der Waals surface area contributed by atoms with Crippen LogP contribution in [0.25, 0.3) is 0 Å². The lowest BCUT2D eigenvalue weighted by Crippen LogP contribution is -2.29. The SMILES string of the molecule is CC(N)C(OC1CCCC1)c1ccncc1. The Bertz CT molecular complexity index is 307. The number of nitrogens with two attached hydrogens (primary N) is 1. The number of ether oxygens (including phenoxy) is 1. The fourth-order valence-corrected chi connectivity index (χ4v) is 2.29. The minimum atomic E-state index is 0.00565. The molecule has 3 heteroatoms. The lowest BCUT2D eigenvalue weighted by molar-refractivity contribution is -0.0202. The van der Waals surface area contributed by atoms with Gasteiger partial charge in [0.25, 0.3) is 0 Å². The first-order valence-electron chi connectivity index (χ1n) is 6.08. The van der Waals surface area contributed by atoms with Gasteiger partial charge in [-0.15, -0.1) is 0 Å². The number of aromatic nitrogens is 1. The molecule has 1 heterocycles. The highest BCUT2D eigenvalue weighted by Gasteiger charge is 2.23. The first-order valence-corrected chi connectivity index (χ1v) is 6.08. The molecule has 1 saturated carbocycles. The van der Waals surface area contributed by atoms with Gasteiger partial charge in [0.05, 0.1) is 12.2 Å². The molecule has 2 atom stereocenters. The van der Waals surface area contributed by atoms with Crippen LogP contribution in [0.15, 0.2) is 24.5 Å². The molecular formula is C13H20N2O. The molecule has 3 nitrogen and oxygen atoms in total. The van der Waals surface area contributed by atoms with E-state index < -0.39 is 0 Å². The Labute approximate surface area is 97.0 Å². The summed E-state index contributed by atoms with van der Waals surface area (Å²) in [5.74, 6) is 0. The van der Waals surface area contributed by atoms with Crippen LogP contribution in [0.3, 0.4) is 0 Å². The minimum absolute atomic E-state index is 0.00565. The molecular weight excluding hydrogens is 200 g/mol. The summed E-state index contributed by atoms with van der Waals surface area (Å²) in [6.07, 6.45) is 8.91. The van der Waals surface area contributed by atoms with Crippen molar-refractivity contribution in [2.45, 2.75) is 50.9 Å². The van der Waals surface area contributed by atoms with E-state index in [9.17, 15) is 0 Å². The summed E-state index contributed by atoms with van der Waals surface area (Å²) in [5, 5.41) is 0. The number of pyridine rings is 1. The van der Waals surface area contributed by atoms with Crippen molar-refractivity contribution in [2.75, 3.05) is 0 Å². The molecule has 1 aliphatic carbocycles. The van der Waals surface area contributed by atoms with E-state index in [-0.39, 0.29) is 12.1 Å². The zero-order chi connectivity index (χ0) is 11.4. The topological polar surface area (TPSA) is 48.1 Å². The third-order valence-electron chi connectivity index (χ3n) is 3.15. The fraction of sp³-hybridized carbons (Fsp3) is 0.615. The molecule has 2 N–H and O–H groups in total. The van der Waals surface area contributed by atoms with E-state index in [1.54, 1.807) is 12.4 Å². The zero-order valence-electron chi connectivity index (χ0n) is 9.80. The van der Waals surface area contributed by atoms with Crippen molar-refractivity contribution in [3.63, 3.8) is 0 Å². The maximum Gasteiger partial charge on any atom is 0.0977 e. The highest BCUT2D eigenvalue weighted by atomic mass is 16.5. The van der Waals surface area contributed by atoms with Crippen LogP contribution in [0.2, 0.25) is 0 Å². The molecule has 1 fully saturated rings. The molecule has 0 radical (unpaired) electrons. The van der Waals surface area contributed by atoms with Crippen LogP contribution >= 0.6 is 0 Å². The molecule has 0 saturated heterocycles. The Morgan fingerprint density at radius 3 is 2.50 bits per heavy atom. The van der Waals surface area contributed by atoms with E-state index >= 15 is 0 Å². The largest absolute Gasteiger partial charge is 0.369 e. The molecule has 2 unspecified atom stereocenters. The minimum Gasteiger partial charge on any atom is -0.369 e. The molecule has 0 spiro atoms. The van der Waals surface area contributed by atoms with Crippen LogP contribution < -0.4 is 5.73 Å². The highest BCUT2D eigenvalue weighted by molar-refractivity contribution is 5.15. The van der Waals surface area contributed by atoms with E-state index in [1.165, 1.54) is 25.7 Å². The van der Waals surface area contributed by atoms with E-state index in [1.807, 2.05) is 19.1 Å². The molecule has 0 bridgehead atoms. The number of rotatable bonds is 4. The second-order valence-corrected chi connectivity index (χ2v) is 4.60. The molecule has 0 amide bonds. The zero-order valence-corrected chi connectivity index (χ0v) is 9.80. The smallest absolute Gasteiger partial charge is 0.0977 e. The predicted molar refractivity (Wildman–Crippen MR) is 64.0 cm³/mol. The Kier molecular flexibility index (Phi) is 3.91. The van der Waals surface area contributed by atoms with Crippen molar-refractivity contribution >= 4 is 0 Å². The number of nitrogens with zero attached hydrogens (tertiary/aromatic N) is 1. The van der Waals surface area contributed by atoms with E-state index in [0.29, 0.717) is 6.10 Å². The van der Waals surface area contributed by atoms with Crippen LogP contribution in [-0.4, -0.2) is 17.1 Å². The molecule has 0 aromatic carbocycles. The van der Waals surface area contributed by atoms with Gasteiger partial charge in [-0.1, -0.05) is 12.8 Å². The van der Waals surface area contributed by atoms with Crippen molar-refractivity contribution in [3.8, 4) is 0 Å². The van der Waals surface area contributed by atoms with Crippen LogP contribution in [0.4, 0.5) is 0 Å². The number of hydrogen-bond donors (Lipinski definition) is 1. The van der Waals surface area contributed by atoms with Crippen molar-refractivity contribution in [1.82, 2.24) is 4.98 Å². The first-order chi connectivity index (χ1) is 7.77. The van der Waals surface area contributed by atoms with Crippen molar-refractivity contribution in [1.29, 1.82) is 0 Å². The molecule has 88 valence electrons. The first kappa shape index (κ1) is 11.6. The van der Waals surface area contributed by atoms with Gasteiger partial charge in [0.15, 0.2) is 0 Å². The number of hydrogen-bond acceptors (Lipinski definition) is 3. The van der Waals surface area contributed by atoms with Gasteiger partial charge in [0.2, 0.25) is 0 Å². The van der Waals surface area contributed by atoms with Gasteiger partial charge in [0.1, 0.15) is 0 Å². The molecule has 2 rings (SSSR count). The summed E-state index contributed by atoms with van der Waals surface area (Å²) < 4.78 is 6.11. The third-order valence-corrected chi connectivity index (χ3v) is 3.15. The Morgan fingerprint density at radius 1 is 1.31 bits per heavy atom. The van der Waals surface area contributed by atoms with E-state index in [0.717, 1.165) is 5.56 Å². The predicted octanol–water partition coefficient (Wildman–Crippen LogP) is 2.43. The lowest BCUT2D eigenvalue weighted by Gasteiger charge is -2.25. The molecule has 0 aliphatic heterocycles. The standard InChI is InChI=1S/C13H20N2O/c1-10(14)13(11-6-8-15-9-7-11)16-12-4-2-3-5-12/h6-10,12-13H,2-5,14H2,1H3. The summed E-state index contributed by atoms with van der Waals surface area (Å²) >= 11 is 0. The lowest BCUT2D eigenvalue weighted by atomic mass is 10.1. The maximum atomic E-state index is 6.11. The summed E-state index contributed by atoms with van der Waals surface area (Å²) in [7, 11) is 0. The normalized spacial score (nSPS) is 20.9. The van der Waals surface area contributed by atoms with Crippen LogP contribution in [-0.2, 0) is 4.74 Å². The van der Waals surface area contributed by atoms with E-state index in [4.69, 9.17) is 10.5 Å². The van der Waals surface area contributed by atoms with Gasteiger partial charge < -0.3 is 10.5 Å². The quantitative estimate of drug-likeness (QED) is 0.847. The summed E-state index contributed by atoms with van der Waals surface area (Å²) in [6, 6.07) is 3.99. The van der Waals surface area contributed by atoms with Crippen LogP contribution in [0, 0.1) is 0 Å². The average Bonchev–Trinajstić information content (AvgIpc) is 2.79. The summed E-state index contributed by atoms with van der Waals surface area (Å²) in [6.45, 7) is 2.00. The maximum absolute atomic E-state index is 6.11. The monoisotopic (exact) mass is 220 g/mol. The van der Waals surface area contributed by atoms with E-state index in [2.05, 4.69) is 4.98 Å². The Morgan fingerprint density at radius 2 is 1.94 bits per heavy atom. The second kappa shape index (κ2) is 5.41. The molecule has 1 aromatic heterocycles. The summed E-state index contributed by atoms with van der Waals surface area (Å²) in [5.41, 5.74) is 7.14. The van der Waals surface area contributed by atoms with Gasteiger partial charge in [0, 0.05) is 18.4 Å². The Balaban J connectivity index is 2.05. The molecule has 1 aliphatic rings. The van der Waals surface area contributed by atoms with Crippen molar-refractivity contribution < 1.29 is 4.74 Å². The second-order valence-electron chi connectivity index (χ2n) is 4.60. The van der Waals surface area contributed by atoms with Crippen LogP contribution in [0.5, 0.6) is 0 Å². The summed E-state index contributed by atoms with van der Waals surface area (Å²) in [4.78, 5) is 4.02. The van der Waals surface area contributed by atoms with Gasteiger partial charge in [-0.25, -0.2) is 0 Å². The van der Waals surface area contributed by atoms with Gasteiger partial charge >= 0.3 is 0 Å². The third kappa shape index (κ3) is 2.80. The highest BCUT2D eigenvalue weighted by Crippen LogP contribution is 2.28. The average molecular weight is 220 g/mol. The Hall–Kier alpha value is -0.930. The fourth-order valence-electron chi connectivity index (χ4n) is 2.29. The van der Waals surface area contributed by atoms with Gasteiger partial charge in [-0.3, -0.25) is 4.98 Å². The van der Waals surface area contributed by atoms with Crippen LogP contribution in [0.1, 0.15) is 44.3 Å². The van der Waals surface area contributed by atoms with Gasteiger partial charge in [-0.2, -0.15) is 0 Å². The van der Waals surface area contributed by atoms with Gasteiger partial charge in [-0.05, 0) is 37.5 Å². The van der Waals surface area contributed by atoms with Crippen molar-refractivity contribution in [2.24, 2.45) is 5.73 Å². The molecule has 1 aromatic rings. The molecule has 16 heavy (non-hydrogen) atoms.